The second-order valence-corrected chi connectivity index (χ2v) is 6.62. The molecule has 2 heterocycles. The van der Waals surface area contributed by atoms with Crippen molar-refractivity contribution in [2.24, 2.45) is 7.05 Å². The largest absolute Gasteiger partial charge is 0.389 e. The Bertz CT molecular complexity index is 647. The monoisotopic (exact) mass is 307 g/mol. The molecule has 0 bridgehead atoms. The van der Waals surface area contributed by atoms with E-state index in [1.807, 2.05) is 19.0 Å². The molecule has 0 saturated carbocycles. The van der Waals surface area contributed by atoms with E-state index in [0.717, 1.165) is 22.7 Å². The molecule has 22 heavy (non-hydrogen) atoms. The van der Waals surface area contributed by atoms with Crippen LogP contribution in [-0.4, -0.2) is 58.3 Å². The van der Waals surface area contributed by atoms with Crippen molar-refractivity contribution in [3.63, 3.8) is 0 Å². The van der Waals surface area contributed by atoms with Crippen LogP contribution in [0.1, 0.15) is 26.6 Å². The van der Waals surface area contributed by atoms with Gasteiger partial charge in [-0.05, 0) is 0 Å². The number of aromatic nitrogens is 4. The molecule has 2 rings (SSSR count). The molecule has 7 heteroatoms. The van der Waals surface area contributed by atoms with E-state index in [4.69, 9.17) is 9.72 Å². The van der Waals surface area contributed by atoms with Gasteiger partial charge in [-0.3, -0.25) is 4.68 Å². The van der Waals surface area contributed by atoms with Crippen molar-refractivity contribution in [3.8, 4) is 0 Å². The minimum atomic E-state index is -0.574. The highest BCUT2D eigenvalue weighted by Gasteiger charge is 2.23. The Morgan fingerprint density at radius 1 is 1.36 bits per heavy atom. The first kappa shape index (κ1) is 16.6. The molecule has 7 nitrogen and oxygen atoms in total. The van der Waals surface area contributed by atoms with Gasteiger partial charge in [-0.15, -0.1) is 0 Å². The van der Waals surface area contributed by atoms with Gasteiger partial charge in [0.25, 0.3) is 0 Å². The van der Waals surface area contributed by atoms with E-state index in [1.165, 1.54) is 0 Å². The third-order valence-electron chi connectivity index (χ3n) is 3.45. The molecule has 2 aromatic heterocycles. The van der Waals surface area contributed by atoms with Gasteiger partial charge in [0.1, 0.15) is 11.6 Å². The van der Waals surface area contributed by atoms with Crippen molar-refractivity contribution in [2.45, 2.75) is 32.3 Å². The van der Waals surface area contributed by atoms with Crippen LogP contribution in [0.4, 0.5) is 5.82 Å². The maximum absolute atomic E-state index is 9.96. The van der Waals surface area contributed by atoms with Crippen LogP contribution < -0.4 is 4.90 Å². The highest BCUT2D eigenvalue weighted by molar-refractivity contribution is 5.86. The molecule has 0 aliphatic rings. The van der Waals surface area contributed by atoms with Crippen molar-refractivity contribution in [2.75, 3.05) is 32.2 Å². The summed E-state index contributed by atoms with van der Waals surface area (Å²) in [4.78, 5) is 11.3. The van der Waals surface area contributed by atoms with Gasteiger partial charge < -0.3 is 14.7 Å². The fourth-order valence-electron chi connectivity index (χ4n) is 2.28. The Labute approximate surface area is 130 Å². The highest BCUT2D eigenvalue weighted by Crippen LogP contribution is 2.27. The van der Waals surface area contributed by atoms with Gasteiger partial charge in [0.05, 0.1) is 24.3 Å². The smallest absolute Gasteiger partial charge is 0.163 e. The van der Waals surface area contributed by atoms with Crippen molar-refractivity contribution in [1.29, 1.82) is 0 Å². The number of aliphatic hydroxyl groups excluding tert-OH is 1. The average molecular weight is 307 g/mol. The number of rotatable bonds is 5. The fraction of sp³-hybridized carbons (Fsp3) is 0.667. The quantitative estimate of drug-likeness (QED) is 0.891. The summed E-state index contributed by atoms with van der Waals surface area (Å²) in [5.74, 6) is 1.53. The minimum Gasteiger partial charge on any atom is -0.389 e. The first-order valence-corrected chi connectivity index (χ1v) is 7.32. The van der Waals surface area contributed by atoms with Crippen molar-refractivity contribution < 1.29 is 9.84 Å². The number of ether oxygens (including phenoxy) is 1. The molecule has 0 fully saturated rings. The number of aliphatic hydroxyl groups is 1. The Morgan fingerprint density at radius 2 is 2.05 bits per heavy atom. The Kier molecular flexibility index (Phi) is 4.67. The van der Waals surface area contributed by atoms with E-state index < -0.39 is 6.10 Å². The normalized spacial score (nSPS) is 13.6. The van der Waals surface area contributed by atoms with Gasteiger partial charge in [0, 0.05) is 33.2 Å². The lowest BCUT2D eigenvalue weighted by atomic mass is 9.95. The molecule has 0 radical (unpaired) electrons. The standard InChI is InChI=1S/C15H25N5O2/c1-15(2,3)14-17-12(19(4)8-10(21)9-22-6)11-7-16-20(5)13(11)18-14/h7,10,21H,8-9H2,1-6H3. The van der Waals surface area contributed by atoms with Crippen LogP contribution in [0.2, 0.25) is 0 Å². The fourth-order valence-corrected chi connectivity index (χ4v) is 2.28. The summed E-state index contributed by atoms with van der Waals surface area (Å²) in [5.41, 5.74) is 0.627. The zero-order valence-electron chi connectivity index (χ0n) is 14.2. The van der Waals surface area contributed by atoms with Gasteiger partial charge >= 0.3 is 0 Å². The molecule has 0 amide bonds. The summed E-state index contributed by atoms with van der Waals surface area (Å²) < 4.78 is 6.73. The van der Waals surface area contributed by atoms with Crippen LogP contribution in [0, 0.1) is 0 Å². The first-order chi connectivity index (χ1) is 10.2. The summed E-state index contributed by atoms with van der Waals surface area (Å²) in [6.07, 6.45) is 1.19. The van der Waals surface area contributed by atoms with Gasteiger partial charge in [0.15, 0.2) is 5.65 Å². The van der Waals surface area contributed by atoms with Gasteiger partial charge in [0.2, 0.25) is 0 Å². The van der Waals surface area contributed by atoms with Crippen LogP contribution in [0.25, 0.3) is 11.0 Å². The first-order valence-electron chi connectivity index (χ1n) is 7.32. The summed E-state index contributed by atoms with van der Waals surface area (Å²) in [6.45, 7) is 6.95. The number of methoxy groups -OCH3 is 1. The molecule has 1 N–H and O–H groups in total. The van der Waals surface area contributed by atoms with Gasteiger partial charge in [-0.25, -0.2) is 9.97 Å². The molecule has 1 atom stereocenters. The van der Waals surface area contributed by atoms with E-state index in [2.05, 4.69) is 30.9 Å². The van der Waals surface area contributed by atoms with E-state index in [1.54, 1.807) is 18.0 Å². The Morgan fingerprint density at radius 3 is 2.64 bits per heavy atom. The molecule has 0 aromatic carbocycles. The SMILES string of the molecule is COCC(O)CN(C)c1nc(C(C)(C)C)nc2c1cnn2C. The zero-order valence-corrected chi connectivity index (χ0v) is 14.2. The lowest BCUT2D eigenvalue weighted by Gasteiger charge is -2.24. The molecule has 0 saturated heterocycles. The molecular formula is C15H25N5O2. The Balaban J connectivity index is 2.47. The van der Waals surface area contributed by atoms with Crippen LogP contribution in [0.15, 0.2) is 6.20 Å². The predicted octanol–water partition coefficient (Wildman–Crippen LogP) is 1.10. The molecular weight excluding hydrogens is 282 g/mol. The third-order valence-corrected chi connectivity index (χ3v) is 3.45. The lowest BCUT2D eigenvalue weighted by molar-refractivity contribution is 0.0694. The summed E-state index contributed by atoms with van der Waals surface area (Å²) in [5, 5.41) is 15.1. The van der Waals surface area contributed by atoms with Crippen LogP contribution in [0.5, 0.6) is 0 Å². The second kappa shape index (κ2) is 6.18. The van der Waals surface area contributed by atoms with Crippen molar-refractivity contribution in [3.05, 3.63) is 12.0 Å². The lowest BCUT2D eigenvalue weighted by Crippen LogP contribution is -2.33. The van der Waals surface area contributed by atoms with Crippen LogP contribution >= 0.6 is 0 Å². The molecule has 122 valence electrons. The Hall–Kier alpha value is -1.73. The second-order valence-electron chi connectivity index (χ2n) is 6.62. The summed E-state index contributed by atoms with van der Waals surface area (Å²) >= 11 is 0. The number of anilines is 1. The minimum absolute atomic E-state index is 0.167. The number of likely N-dealkylation sites (N-methyl/N-ethyl adjacent to an activating group) is 1. The zero-order chi connectivity index (χ0) is 16.5. The number of nitrogens with zero attached hydrogens (tertiary/aromatic N) is 5. The van der Waals surface area contributed by atoms with E-state index in [9.17, 15) is 5.11 Å². The molecule has 1 unspecified atom stereocenters. The average Bonchev–Trinajstić information content (AvgIpc) is 2.79. The number of fused-ring (bicyclic) bond motifs is 1. The number of hydrogen-bond donors (Lipinski definition) is 1. The van der Waals surface area contributed by atoms with Crippen molar-refractivity contribution >= 4 is 16.9 Å². The van der Waals surface area contributed by atoms with Crippen LogP contribution in [0.3, 0.4) is 0 Å². The summed E-state index contributed by atoms with van der Waals surface area (Å²) in [7, 11) is 5.34. The third kappa shape index (κ3) is 3.36. The summed E-state index contributed by atoms with van der Waals surface area (Å²) in [6, 6.07) is 0. The van der Waals surface area contributed by atoms with Crippen molar-refractivity contribution in [1.82, 2.24) is 19.7 Å². The maximum atomic E-state index is 9.96. The van der Waals surface area contributed by atoms with Gasteiger partial charge in [-0.2, -0.15) is 5.10 Å². The molecule has 2 aromatic rings. The number of hydrogen-bond acceptors (Lipinski definition) is 6. The predicted molar refractivity (Wildman–Crippen MR) is 86.2 cm³/mol. The van der Waals surface area contributed by atoms with E-state index in [0.29, 0.717) is 6.54 Å². The van der Waals surface area contributed by atoms with E-state index >= 15 is 0 Å². The maximum Gasteiger partial charge on any atom is 0.163 e. The van der Waals surface area contributed by atoms with E-state index in [-0.39, 0.29) is 12.0 Å². The molecule has 0 aliphatic heterocycles. The van der Waals surface area contributed by atoms with Crippen LogP contribution in [-0.2, 0) is 17.2 Å². The highest BCUT2D eigenvalue weighted by atomic mass is 16.5. The molecule has 0 aliphatic carbocycles. The molecule has 0 spiro atoms. The number of aryl methyl sites for hydroxylation is 1. The topological polar surface area (TPSA) is 76.3 Å². The van der Waals surface area contributed by atoms with Gasteiger partial charge in [-0.1, -0.05) is 20.8 Å².